The fourth-order valence-corrected chi connectivity index (χ4v) is 0.891. The Morgan fingerprint density at radius 3 is 3.00 bits per heavy atom. The number of hydrogen-bond donors (Lipinski definition) is 2. The summed E-state index contributed by atoms with van der Waals surface area (Å²) >= 11 is 5.60. The Hall–Kier alpha value is -0.570. The van der Waals surface area contributed by atoms with Crippen LogP contribution in [0.3, 0.4) is 0 Å². The Morgan fingerprint density at radius 2 is 2.45 bits per heavy atom. The molecule has 3 heteroatoms. The number of rotatable bonds is 2. The highest BCUT2D eigenvalue weighted by atomic mass is 35.5. The molecule has 1 aromatic rings. The number of aliphatic hydroxyl groups is 2. The standard InChI is InChI=1S/C8H9ClO2/c9-7-3-1-2-6(4-7)8(11)5-10/h1-4,8,10-11H,5H2/i5D2,8D. The van der Waals surface area contributed by atoms with Crippen LogP contribution in [0.1, 0.15) is 15.8 Å². The van der Waals surface area contributed by atoms with E-state index in [4.69, 9.17) is 20.8 Å². The first-order valence-corrected chi connectivity index (χ1v) is 3.34. The van der Waals surface area contributed by atoms with Crippen LogP contribution in [0.15, 0.2) is 24.3 Å². The van der Waals surface area contributed by atoms with Gasteiger partial charge in [0.1, 0.15) is 6.08 Å². The molecule has 0 aromatic heterocycles. The molecule has 0 aliphatic rings. The van der Waals surface area contributed by atoms with Gasteiger partial charge in [0.25, 0.3) is 0 Å². The second-order valence-electron chi connectivity index (χ2n) is 1.97. The van der Waals surface area contributed by atoms with E-state index >= 15 is 0 Å². The average Bonchev–Trinajstić information content (AvgIpc) is 2.02. The summed E-state index contributed by atoms with van der Waals surface area (Å²) in [7, 11) is 0. The minimum Gasteiger partial charge on any atom is -0.393 e. The molecule has 2 nitrogen and oxygen atoms in total. The number of hydrogen-bond acceptors (Lipinski definition) is 2. The van der Waals surface area contributed by atoms with E-state index in [1.807, 2.05) is 0 Å². The topological polar surface area (TPSA) is 40.5 Å². The van der Waals surface area contributed by atoms with Crippen LogP contribution >= 0.6 is 11.6 Å². The molecule has 2 N–H and O–H groups in total. The van der Waals surface area contributed by atoms with Crippen molar-refractivity contribution in [3.05, 3.63) is 34.9 Å². The molecule has 0 aliphatic heterocycles. The van der Waals surface area contributed by atoms with Crippen molar-refractivity contribution in [2.24, 2.45) is 0 Å². The highest BCUT2D eigenvalue weighted by Crippen LogP contribution is 2.16. The SMILES string of the molecule is [2H]C([2H])(O)C([2H])(O)c1cccc(Cl)c1. The lowest BCUT2D eigenvalue weighted by atomic mass is 10.1. The zero-order valence-electron chi connectivity index (χ0n) is 8.58. The van der Waals surface area contributed by atoms with Gasteiger partial charge in [-0.15, -0.1) is 0 Å². The molecule has 1 atom stereocenters. The van der Waals surface area contributed by atoms with Gasteiger partial charge in [-0.05, 0) is 17.7 Å². The Labute approximate surface area is 74.3 Å². The summed E-state index contributed by atoms with van der Waals surface area (Å²) in [6.07, 6.45) is -2.72. The molecule has 60 valence electrons. The van der Waals surface area contributed by atoms with Crippen LogP contribution in [0.5, 0.6) is 0 Å². The minimum atomic E-state index is -3.04. The highest BCUT2D eigenvalue weighted by molar-refractivity contribution is 6.30. The molecule has 0 aliphatic carbocycles. The molecule has 0 radical (unpaired) electrons. The molecule has 11 heavy (non-hydrogen) atoms. The van der Waals surface area contributed by atoms with E-state index in [9.17, 15) is 5.11 Å². The molecule has 0 bridgehead atoms. The average molecular weight is 176 g/mol. The van der Waals surface area contributed by atoms with Crippen molar-refractivity contribution >= 4 is 11.6 Å². The second kappa shape index (κ2) is 3.72. The summed E-state index contributed by atoms with van der Waals surface area (Å²) < 4.78 is 21.1. The molecule has 0 amide bonds. The lowest BCUT2D eigenvalue weighted by Crippen LogP contribution is -2.01. The molecule has 1 rings (SSSR count). The molecular formula is C8H9ClO2. The third-order valence-electron chi connectivity index (χ3n) is 1.20. The van der Waals surface area contributed by atoms with E-state index < -0.39 is 12.6 Å². The van der Waals surface area contributed by atoms with Crippen LogP contribution in [0, 0.1) is 0 Å². The van der Waals surface area contributed by atoms with Crippen LogP contribution in [0.4, 0.5) is 0 Å². The van der Waals surface area contributed by atoms with Crippen molar-refractivity contribution in [3.63, 3.8) is 0 Å². The number of halogens is 1. The van der Waals surface area contributed by atoms with E-state index in [2.05, 4.69) is 0 Å². The van der Waals surface area contributed by atoms with Crippen LogP contribution in [0.2, 0.25) is 5.02 Å². The van der Waals surface area contributed by atoms with Gasteiger partial charge >= 0.3 is 0 Å². The van der Waals surface area contributed by atoms with Crippen molar-refractivity contribution < 1.29 is 14.3 Å². The first-order valence-electron chi connectivity index (χ1n) is 4.46. The van der Waals surface area contributed by atoms with Gasteiger partial charge in [-0.25, -0.2) is 0 Å². The van der Waals surface area contributed by atoms with Gasteiger partial charge < -0.3 is 10.2 Å². The maximum Gasteiger partial charge on any atom is 0.102 e. The lowest BCUT2D eigenvalue weighted by molar-refractivity contribution is 0.0956. The predicted molar refractivity (Wildman–Crippen MR) is 43.5 cm³/mol. The third kappa shape index (κ3) is 2.19. The molecular weight excluding hydrogens is 164 g/mol. The van der Waals surface area contributed by atoms with E-state index in [1.54, 1.807) is 0 Å². The fraction of sp³-hybridized carbons (Fsp3) is 0.250. The summed E-state index contributed by atoms with van der Waals surface area (Å²) in [5.74, 6) is 0. The molecule has 0 fully saturated rings. The molecule has 1 aromatic carbocycles. The first-order chi connectivity index (χ1) is 6.25. The summed E-state index contributed by atoms with van der Waals surface area (Å²) in [6.45, 7) is -3.04. The smallest absolute Gasteiger partial charge is 0.102 e. The van der Waals surface area contributed by atoms with E-state index in [0.717, 1.165) is 0 Å². The van der Waals surface area contributed by atoms with Crippen molar-refractivity contribution in [3.8, 4) is 0 Å². The van der Waals surface area contributed by atoms with Crippen molar-refractivity contribution in [2.75, 3.05) is 6.56 Å². The normalized spacial score (nSPS) is 21.2. The summed E-state index contributed by atoms with van der Waals surface area (Å²) in [5, 5.41) is 18.6. The van der Waals surface area contributed by atoms with Crippen LogP contribution < -0.4 is 0 Å². The Morgan fingerprint density at radius 1 is 1.73 bits per heavy atom. The lowest BCUT2D eigenvalue weighted by Gasteiger charge is -2.06. The van der Waals surface area contributed by atoms with Gasteiger partial charge in [0.15, 0.2) is 0 Å². The van der Waals surface area contributed by atoms with Crippen molar-refractivity contribution in [2.45, 2.75) is 6.08 Å². The Kier molecular flexibility index (Phi) is 1.74. The van der Waals surface area contributed by atoms with E-state index in [0.29, 0.717) is 0 Å². The molecule has 0 spiro atoms. The summed E-state index contributed by atoms with van der Waals surface area (Å²) in [6, 6.07) is 5.52. The minimum absolute atomic E-state index is 0.0995. The number of benzene rings is 1. The quantitative estimate of drug-likeness (QED) is 0.713. The monoisotopic (exact) mass is 175 g/mol. The molecule has 0 heterocycles. The van der Waals surface area contributed by atoms with Crippen LogP contribution in [-0.2, 0) is 0 Å². The second-order valence-corrected chi connectivity index (χ2v) is 2.41. The van der Waals surface area contributed by atoms with Gasteiger partial charge in [-0.2, -0.15) is 0 Å². The molecule has 0 saturated carbocycles. The largest absolute Gasteiger partial charge is 0.393 e. The highest BCUT2D eigenvalue weighted by Gasteiger charge is 2.04. The zero-order valence-corrected chi connectivity index (χ0v) is 6.34. The van der Waals surface area contributed by atoms with Crippen molar-refractivity contribution in [1.29, 1.82) is 0 Å². The van der Waals surface area contributed by atoms with E-state index in [-0.39, 0.29) is 10.6 Å². The predicted octanol–water partition coefficient (Wildman–Crippen LogP) is 1.37. The first kappa shape index (κ1) is 5.14. The third-order valence-corrected chi connectivity index (χ3v) is 1.44. The Balaban J connectivity index is 3.16. The molecule has 1 unspecified atom stereocenters. The van der Waals surface area contributed by atoms with Gasteiger partial charge in [0.2, 0.25) is 0 Å². The zero-order chi connectivity index (χ0) is 11.0. The fourth-order valence-electron chi connectivity index (χ4n) is 0.700. The Bertz CT molecular complexity index is 336. The van der Waals surface area contributed by atoms with Gasteiger partial charge in [0.05, 0.1) is 10.7 Å². The van der Waals surface area contributed by atoms with Crippen molar-refractivity contribution in [1.82, 2.24) is 0 Å². The maximum absolute atomic E-state index is 9.43. The van der Waals surface area contributed by atoms with Crippen LogP contribution in [-0.4, -0.2) is 16.8 Å². The van der Waals surface area contributed by atoms with Gasteiger partial charge in [0, 0.05) is 5.02 Å². The summed E-state index contributed by atoms with van der Waals surface area (Å²) in [4.78, 5) is 0. The van der Waals surface area contributed by atoms with Crippen LogP contribution in [0.25, 0.3) is 0 Å². The maximum atomic E-state index is 9.43. The van der Waals surface area contributed by atoms with Gasteiger partial charge in [-0.3, -0.25) is 0 Å². The van der Waals surface area contributed by atoms with E-state index in [1.165, 1.54) is 24.3 Å². The molecule has 0 saturated heterocycles. The summed E-state index contributed by atoms with van der Waals surface area (Å²) in [5.41, 5.74) is -0.0995. The van der Waals surface area contributed by atoms with Gasteiger partial charge in [-0.1, -0.05) is 23.7 Å².